The minimum Gasteiger partial charge on any atom is -0.488 e. The van der Waals surface area contributed by atoms with Gasteiger partial charge in [0.15, 0.2) is 0 Å². The number of benzene rings is 3. The zero-order valence-corrected chi connectivity index (χ0v) is 19.0. The summed E-state index contributed by atoms with van der Waals surface area (Å²) in [5.74, 6) is 0.300. The van der Waals surface area contributed by atoms with E-state index in [1.165, 1.54) is 0 Å². The lowest BCUT2D eigenvalue weighted by molar-refractivity contribution is -0.112. The molecule has 0 heterocycles. The van der Waals surface area contributed by atoms with Gasteiger partial charge in [0.05, 0.1) is 3.57 Å². The molecule has 3 aromatic rings. The van der Waals surface area contributed by atoms with E-state index in [0.29, 0.717) is 12.3 Å². The van der Waals surface area contributed by atoms with Crippen LogP contribution in [0.1, 0.15) is 11.1 Å². The molecule has 0 atom stereocenters. The molecule has 4 nitrogen and oxygen atoms in total. The third kappa shape index (κ3) is 6.17. The predicted octanol–water partition coefficient (Wildman–Crippen LogP) is 6.18. The Morgan fingerprint density at radius 1 is 1.10 bits per heavy atom. The molecule has 0 aliphatic heterocycles. The maximum Gasteiger partial charge on any atom is 0.266 e. The summed E-state index contributed by atoms with van der Waals surface area (Å²) < 4.78 is 7.62. The number of amides is 1. The molecule has 29 heavy (non-hydrogen) atoms. The molecule has 1 N–H and O–H groups in total. The summed E-state index contributed by atoms with van der Waals surface area (Å²) >= 11 is 5.54. The number of nitrogens with zero attached hydrogens (tertiary/aromatic N) is 1. The Labute approximate surface area is 191 Å². The maximum absolute atomic E-state index is 12.4. The van der Waals surface area contributed by atoms with Gasteiger partial charge in [0, 0.05) is 10.2 Å². The summed E-state index contributed by atoms with van der Waals surface area (Å²) in [6.45, 7) is 0.477. The molecule has 0 aliphatic rings. The summed E-state index contributed by atoms with van der Waals surface area (Å²) in [5.41, 5.74) is 2.48. The lowest BCUT2D eigenvalue weighted by Crippen LogP contribution is -2.13. The zero-order chi connectivity index (χ0) is 20.6. The summed E-state index contributed by atoms with van der Waals surface area (Å²) in [6.07, 6.45) is 1.57. The zero-order valence-electron chi connectivity index (χ0n) is 15.2. The molecule has 3 rings (SSSR count). The Balaban J connectivity index is 1.71. The van der Waals surface area contributed by atoms with Gasteiger partial charge in [0.25, 0.3) is 5.91 Å². The molecule has 6 heteroatoms. The van der Waals surface area contributed by atoms with Crippen LogP contribution in [0.25, 0.3) is 6.08 Å². The average molecular weight is 559 g/mol. The Bertz CT molecular complexity index is 1090. The van der Waals surface area contributed by atoms with Gasteiger partial charge in [-0.1, -0.05) is 58.4 Å². The topological polar surface area (TPSA) is 62.1 Å². The molecule has 0 bridgehead atoms. The number of carbonyl (C=O) groups excluding carboxylic acids is 1. The number of hydrogen-bond donors (Lipinski definition) is 1. The van der Waals surface area contributed by atoms with Crippen LogP contribution in [0.4, 0.5) is 5.69 Å². The standard InChI is InChI=1S/C23H16BrIN2O2/c24-19-7-4-8-20(13-19)27-23(28)18(14-26)11-17-9-10-22(21(25)12-17)29-15-16-5-2-1-3-6-16/h1-13H,15H2,(H,27,28)/b18-11-. The molecule has 0 spiro atoms. The van der Waals surface area contributed by atoms with Gasteiger partial charge in [-0.25, -0.2) is 0 Å². The highest BCUT2D eigenvalue weighted by Crippen LogP contribution is 2.24. The second-order valence-corrected chi connectivity index (χ2v) is 8.18. The van der Waals surface area contributed by atoms with Crippen molar-refractivity contribution in [3.63, 3.8) is 0 Å². The molecular formula is C23H16BrIN2O2. The Kier molecular flexibility index (Phi) is 7.44. The first-order valence-corrected chi connectivity index (χ1v) is 10.6. The fourth-order valence-electron chi connectivity index (χ4n) is 2.54. The third-order valence-electron chi connectivity index (χ3n) is 3.95. The van der Waals surface area contributed by atoms with Crippen LogP contribution >= 0.6 is 38.5 Å². The molecule has 1 amide bonds. The fraction of sp³-hybridized carbons (Fsp3) is 0.0435. The normalized spacial score (nSPS) is 10.9. The van der Waals surface area contributed by atoms with Gasteiger partial charge in [0.2, 0.25) is 0 Å². The first kappa shape index (κ1) is 21.1. The van der Waals surface area contributed by atoms with E-state index in [9.17, 15) is 10.1 Å². The summed E-state index contributed by atoms with van der Waals surface area (Å²) in [7, 11) is 0. The van der Waals surface area contributed by atoms with Crippen LogP contribution in [0.5, 0.6) is 5.75 Å². The van der Waals surface area contributed by atoms with Gasteiger partial charge >= 0.3 is 0 Å². The molecular weight excluding hydrogens is 543 g/mol. The Hall–Kier alpha value is -2.63. The molecule has 0 saturated heterocycles. The van der Waals surface area contributed by atoms with Crippen molar-refractivity contribution in [3.8, 4) is 11.8 Å². The predicted molar refractivity (Wildman–Crippen MR) is 126 cm³/mol. The van der Waals surface area contributed by atoms with Crippen LogP contribution in [-0.4, -0.2) is 5.91 Å². The average Bonchev–Trinajstić information content (AvgIpc) is 2.72. The minimum absolute atomic E-state index is 0.0266. The van der Waals surface area contributed by atoms with Gasteiger partial charge in [-0.15, -0.1) is 0 Å². The van der Waals surface area contributed by atoms with E-state index in [1.54, 1.807) is 18.2 Å². The molecule has 3 aromatic carbocycles. The fourth-order valence-corrected chi connectivity index (χ4v) is 3.63. The lowest BCUT2D eigenvalue weighted by Gasteiger charge is -2.09. The van der Waals surface area contributed by atoms with E-state index in [-0.39, 0.29) is 5.57 Å². The van der Waals surface area contributed by atoms with Crippen LogP contribution in [0.3, 0.4) is 0 Å². The summed E-state index contributed by atoms with van der Waals surface area (Å²) in [4.78, 5) is 12.4. The monoisotopic (exact) mass is 558 g/mol. The number of nitrogens with one attached hydrogen (secondary N) is 1. The van der Waals surface area contributed by atoms with E-state index < -0.39 is 5.91 Å². The van der Waals surface area contributed by atoms with Crippen LogP contribution in [0.15, 0.2) is 82.8 Å². The van der Waals surface area contributed by atoms with Crippen molar-refractivity contribution in [3.05, 3.63) is 97.5 Å². The highest BCUT2D eigenvalue weighted by Gasteiger charge is 2.11. The highest BCUT2D eigenvalue weighted by atomic mass is 127. The highest BCUT2D eigenvalue weighted by molar-refractivity contribution is 14.1. The van der Waals surface area contributed by atoms with E-state index in [0.717, 1.165) is 24.9 Å². The number of nitriles is 1. The van der Waals surface area contributed by atoms with Gasteiger partial charge < -0.3 is 10.1 Å². The minimum atomic E-state index is -0.454. The molecule has 0 aromatic heterocycles. The second-order valence-electron chi connectivity index (χ2n) is 6.10. The van der Waals surface area contributed by atoms with Gasteiger partial charge in [-0.2, -0.15) is 5.26 Å². The number of rotatable bonds is 6. The smallest absolute Gasteiger partial charge is 0.266 e. The van der Waals surface area contributed by atoms with Crippen LogP contribution in [-0.2, 0) is 11.4 Å². The van der Waals surface area contributed by atoms with Crippen molar-refractivity contribution in [2.45, 2.75) is 6.61 Å². The number of anilines is 1. The SMILES string of the molecule is N#C/C(=C/c1ccc(OCc2ccccc2)c(I)c1)C(=O)Nc1cccc(Br)c1. The number of carbonyl (C=O) groups is 1. The maximum atomic E-state index is 12.4. The molecule has 0 radical (unpaired) electrons. The van der Waals surface area contributed by atoms with Crippen molar-refractivity contribution in [2.75, 3.05) is 5.32 Å². The molecule has 144 valence electrons. The van der Waals surface area contributed by atoms with Gasteiger partial charge in [-0.3, -0.25) is 4.79 Å². The Morgan fingerprint density at radius 2 is 1.90 bits per heavy atom. The van der Waals surface area contributed by atoms with Crippen molar-refractivity contribution in [2.24, 2.45) is 0 Å². The van der Waals surface area contributed by atoms with Crippen molar-refractivity contribution in [1.82, 2.24) is 0 Å². The quantitative estimate of drug-likeness (QED) is 0.223. The largest absolute Gasteiger partial charge is 0.488 e. The van der Waals surface area contributed by atoms with Gasteiger partial charge in [0.1, 0.15) is 24.0 Å². The van der Waals surface area contributed by atoms with Crippen LogP contribution < -0.4 is 10.1 Å². The first-order chi connectivity index (χ1) is 14.0. The third-order valence-corrected chi connectivity index (χ3v) is 5.29. The summed E-state index contributed by atoms with van der Waals surface area (Å²) in [6, 6.07) is 24.7. The lowest BCUT2D eigenvalue weighted by atomic mass is 10.1. The van der Waals surface area contributed by atoms with Crippen molar-refractivity contribution < 1.29 is 9.53 Å². The molecule has 0 saturated carbocycles. The second kappa shape index (κ2) is 10.2. The number of ether oxygens (including phenoxy) is 1. The van der Waals surface area contributed by atoms with Crippen molar-refractivity contribution in [1.29, 1.82) is 5.26 Å². The van der Waals surface area contributed by atoms with E-state index in [2.05, 4.69) is 43.8 Å². The molecule has 0 aliphatic carbocycles. The number of halogens is 2. The van der Waals surface area contributed by atoms with Gasteiger partial charge in [-0.05, 0) is 70.1 Å². The number of hydrogen-bond acceptors (Lipinski definition) is 3. The van der Waals surface area contributed by atoms with E-state index in [1.807, 2.05) is 66.7 Å². The summed E-state index contributed by atoms with van der Waals surface area (Å²) in [5, 5.41) is 12.1. The molecule has 0 fully saturated rings. The van der Waals surface area contributed by atoms with Crippen LogP contribution in [0.2, 0.25) is 0 Å². The first-order valence-electron chi connectivity index (χ1n) is 8.70. The van der Waals surface area contributed by atoms with E-state index >= 15 is 0 Å². The van der Waals surface area contributed by atoms with E-state index in [4.69, 9.17) is 4.74 Å². The van der Waals surface area contributed by atoms with Crippen molar-refractivity contribution >= 4 is 56.2 Å². The van der Waals surface area contributed by atoms with Crippen LogP contribution in [0, 0.1) is 14.9 Å². The molecule has 0 unspecified atom stereocenters. The Morgan fingerprint density at radius 3 is 2.59 bits per heavy atom.